The van der Waals surface area contributed by atoms with E-state index in [0.717, 1.165) is 44.5 Å². The lowest BCUT2D eigenvalue weighted by molar-refractivity contribution is 0.0813. The van der Waals surface area contributed by atoms with E-state index < -0.39 is 11.1 Å². The average molecular weight is 427 g/mol. The fourth-order valence-electron chi connectivity index (χ4n) is 4.86. The number of aromatic nitrogens is 3. The SMILES string of the molecule is CC1CCC([C@](C)(NC(=O)c2ccsc2)c2cn(C3(C#N)CCNCC3)nn2)CC1. The Morgan fingerprint density at radius 2 is 2.10 bits per heavy atom. The monoisotopic (exact) mass is 426 g/mol. The smallest absolute Gasteiger partial charge is 0.252 e. The average Bonchev–Trinajstić information content (AvgIpc) is 3.47. The molecule has 30 heavy (non-hydrogen) atoms. The molecule has 1 saturated heterocycles. The highest BCUT2D eigenvalue weighted by Gasteiger charge is 2.43. The highest BCUT2D eigenvalue weighted by molar-refractivity contribution is 7.08. The molecule has 0 bridgehead atoms. The molecule has 2 aromatic heterocycles. The van der Waals surface area contributed by atoms with E-state index in [1.807, 2.05) is 23.0 Å². The van der Waals surface area contributed by atoms with Gasteiger partial charge in [0.05, 0.1) is 23.4 Å². The number of amides is 1. The normalized spacial score (nSPS) is 25.8. The zero-order chi connectivity index (χ0) is 21.2. The third-order valence-electron chi connectivity index (χ3n) is 7.09. The van der Waals surface area contributed by atoms with Gasteiger partial charge >= 0.3 is 0 Å². The molecular formula is C22H30N6OS. The van der Waals surface area contributed by atoms with Crippen LogP contribution in [0.15, 0.2) is 23.0 Å². The number of carbonyl (C=O) groups excluding carboxylic acids is 1. The molecule has 1 aliphatic carbocycles. The second-order valence-corrected chi connectivity index (χ2v) is 9.85. The van der Waals surface area contributed by atoms with Gasteiger partial charge in [-0.25, -0.2) is 4.68 Å². The lowest BCUT2D eigenvalue weighted by Gasteiger charge is -2.40. The van der Waals surface area contributed by atoms with E-state index in [-0.39, 0.29) is 11.8 Å². The van der Waals surface area contributed by atoms with Gasteiger partial charge in [-0.05, 0) is 69.0 Å². The molecule has 7 nitrogen and oxygen atoms in total. The maximum Gasteiger partial charge on any atom is 0.252 e. The van der Waals surface area contributed by atoms with E-state index in [0.29, 0.717) is 24.3 Å². The molecule has 1 saturated carbocycles. The van der Waals surface area contributed by atoms with Crippen molar-refractivity contribution in [1.29, 1.82) is 5.26 Å². The van der Waals surface area contributed by atoms with Gasteiger partial charge in [0, 0.05) is 5.38 Å². The molecule has 0 unspecified atom stereocenters. The molecule has 160 valence electrons. The highest BCUT2D eigenvalue weighted by Crippen LogP contribution is 2.41. The Morgan fingerprint density at radius 3 is 2.73 bits per heavy atom. The van der Waals surface area contributed by atoms with E-state index in [1.54, 1.807) is 4.68 Å². The maximum absolute atomic E-state index is 13.0. The van der Waals surface area contributed by atoms with Crippen LogP contribution in [-0.2, 0) is 11.1 Å². The van der Waals surface area contributed by atoms with E-state index >= 15 is 0 Å². The standard InChI is InChI=1S/C22H30N6OS/c1-16-3-5-18(6-4-16)21(2,25-20(29)17-7-12-30-14-17)19-13-28(27-26-19)22(15-23)8-10-24-11-9-22/h7,12-14,16,18,24H,3-6,8-11H2,1-2H3,(H,25,29)/t16?,18?,21-/m0/s1. The zero-order valence-electron chi connectivity index (χ0n) is 17.7. The Morgan fingerprint density at radius 1 is 1.37 bits per heavy atom. The van der Waals surface area contributed by atoms with Crippen molar-refractivity contribution in [1.82, 2.24) is 25.6 Å². The number of nitriles is 1. The van der Waals surface area contributed by atoms with Crippen molar-refractivity contribution >= 4 is 17.2 Å². The maximum atomic E-state index is 13.0. The van der Waals surface area contributed by atoms with E-state index in [9.17, 15) is 10.1 Å². The summed E-state index contributed by atoms with van der Waals surface area (Å²) in [4.78, 5) is 13.0. The highest BCUT2D eigenvalue weighted by atomic mass is 32.1. The molecule has 2 N–H and O–H groups in total. The summed E-state index contributed by atoms with van der Waals surface area (Å²) in [7, 11) is 0. The van der Waals surface area contributed by atoms with Crippen LogP contribution in [0.5, 0.6) is 0 Å². The van der Waals surface area contributed by atoms with Crippen LogP contribution in [0, 0.1) is 23.2 Å². The molecule has 0 aromatic carbocycles. The molecule has 2 fully saturated rings. The molecule has 2 aromatic rings. The minimum absolute atomic E-state index is 0.0798. The minimum Gasteiger partial charge on any atom is -0.341 e. The zero-order valence-corrected chi connectivity index (χ0v) is 18.5. The van der Waals surface area contributed by atoms with Crippen LogP contribution in [0.3, 0.4) is 0 Å². The number of hydrogen-bond acceptors (Lipinski definition) is 6. The first-order valence-electron chi connectivity index (χ1n) is 10.9. The van der Waals surface area contributed by atoms with Gasteiger partial charge < -0.3 is 10.6 Å². The lowest BCUT2D eigenvalue weighted by atomic mass is 9.71. The predicted octanol–water partition coefficient (Wildman–Crippen LogP) is 3.41. The van der Waals surface area contributed by atoms with Crippen molar-refractivity contribution in [2.45, 2.75) is 63.5 Å². The van der Waals surface area contributed by atoms with Crippen molar-refractivity contribution in [2.24, 2.45) is 11.8 Å². The van der Waals surface area contributed by atoms with Crippen LogP contribution in [0.1, 0.15) is 68.4 Å². The van der Waals surface area contributed by atoms with Gasteiger partial charge in [-0.2, -0.15) is 16.6 Å². The fraction of sp³-hybridized carbons (Fsp3) is 0.636. The first-order valence-corrected chi connectivity index (χ1v) is 11.8. The van der Waals surface area contributed by atoms with Gasteiger partial charge in [-0.1, -0.05) is 25.0 Å². The summed E-state index contributed by atoms with van der Waals surface area (Å²) >= 11 is 1.52. The summed E-state index contributed by atoms with van der Waals surface area (Å²) in [6, 6.07) is 4.33. The summed E-state index contributed by atoms with van der Waals surface area (Å²) in [5.41, 5.74) is 0.130. The van der Waals surface area contributed by atoms with Gasteiger partial charge in [0.15, 0.2) is 5.54 Å². The summed E-state index contributed by atoms with van der Waals surface area (Å²) < 4.78 is 1.74. The molecule has 1 amide bonds. The molecular weight excluding hydrogens is 396 g/mol. The quantitative estimate of drug-likeness (QED) is 0.764. The Hall–Kier alpha value is -2.24. The molecule has 0 radical (unpaired) electrons. The van der Waals surface area contributed by atoms with Crippen LogP contribution < -0.4 is 10.6 Å². The summed E-state index contributed by atoms with van der Waals surface area (Å²) in [6.45, 7) is 5.94. The van der Waals surface area contributed by atoms with Gasteiger partial charge in [-0.15, -0.1) is 5.10 Å². The van der Waals surface area contributed by atoms with Gasteiger partial charge in [0.1, 0.15) is 5.69 Å². The minimum atomic E-state index is -0.671. The Labute approximate surface area is 181 Å². The van der Waals surface area contributed by atoms with E-state index in [2.05, 4.69) is 40.9 Å². The van der Waals surface area contributed by atoms with Crippen molar-refractivity contribution in [3.8, 4) is 6.07 Å². The molecule has 8 heteroatoms. The Kier molecular flexibility index (Phi) is 5.94. The first-order chi connectivity index (χ1) is 14.5. The Bertz CT molecular complexity index is 902. The van der Waals surface area contributed by atoms with E-state index in [4.69, 9.17) is 0 Å². The third kappa shape index (κ3) is 3.88. The van der Waals surface area contributed by atoms with Crippen LogP contribution in [0.4, 0.5) is 0 Å². The largest absolute Gasteiger partial charge is 0.341 e. The molecule has 2 aliphatic rings. The predicted molar refractivity (Wildman–Crippen MR) is 116 cm³/mol. The summed E-state index contributed by atoms with van der Waals surface area (Å²) in [5, 5.41) is 29.2. The first kappa shape index (κ1) is 21.0. The summed E-state index contributed by atoms with van der Waals surface area (Å²) in [5.74, 6) is 0.918. The number of nitrogens with zero attached hydrogens (tertiary/aromatic N) is 4. The molecule has 1 atom stereocenters. The molecule has 1 aliphatic heterocycles. The van der Waals surface area contributed by atoms with Crippen LogP contribution in [0.2, 0.25) is 0 Å². The van der Waals surface area contributed by atoms with Crippen molar-refractivity contribution < 1.29 is 4.79 Å². The molecule has 0 spiro atoms. The number of hydrogen-bond donors (Lipinski definition) is 2. The van der Waals surface area contributed by atoms with Crippen LogP contribution in [-0.4, -0.2) is 34.0 Å². The topological polar surface area (TPSA) is 95.6 Å². The number of rotatable bonds is 5. The van der Waals surface area contributed by atoms with Gasteiger partial charge in [-0.3, -0.25) is 4.79 Å². The third-order valence-corrected chi connectivity index (χ3v) is 7.78. The number of carbonyl (C=O) groups is 1. The van der Waals surface area contributed by atoms with Crippen molar-refractivity contribution in [2.75, 3.05) is 13.1 Å². The fourth-order valence-corrected chi connectivity index (χ4v) is 5.49. The van der Waals surface area contributed by atoms with Gasteiger partial charge in [0.2, 0.25) is 0 Å². The molecule has 3 heterocycles. The van der Waals surface area contributed by atoms with Gasteiger partial charge in [0.25, 0.3) is 5.91 Å². The number of piperidine rings is 1. The number of nitrogens with one attached hydrogen (secondary N) is 2. The number of thiophene rings is 1. The van der Waals surface area contributed by atoms with Crippen LogP contribution >= 0.6 is 11.3 Å². The Balaban J connectivity index is 1.66. The molecule has 4 rings (SSSR count). The van der Waals surface area contributed by atoms with Crippen molar-refractivity contribution in [3.63, 3.8) is 0 Å². The second kappa shape index (κ2) is 8.48. The van der Waals surface area contributed by atoms with Crippen LogP contribution in [0.25, 0.3) is 0 Å². The van der Waals surface area contributed by atoms with E-state index in [1.165, 1.54) is 11.3 Å². The lowest BCUT2D eigenvalue weighted by Crippen LogP contribution is -2.50. The second-order valence-electron chi connectivity index (χ2n) is 9.07. The summed E-state index contributed by atoms with van der Waals surface area (Å²) in [6.07, 6.45) is 7.69. The van der Waals surface area contributed by atoms with Crippen molar-refractivity contribution in [3.05, 3.63) is 34.3 Å².